The second-order valence-corrected chi connectivity index (χ2v) is 12.9. The lowest BCUT2D eigenvalue weighted by molar-refractivity contribution is -0.133. The van der Waals surface area contributed by atoms with Gasteiger partial charge in [0.25, 0.3) is 5.91 Å². The van der Waals surface area contributed by atoms with Crippen molar-refractivity contribution in [3.05, 3.63) is 47.5 Å². The molecule has 2 aliphatic heterocycles. The Hall–Kier alpha value is -3.81. The molecule has 41 heavy (non-hydrogen) atoms. The summed E-state index contributed by atoms with van der Waals surface area (Å²) in [6.07, 6.45) is 6.02. The van der Waals surface area contributed by atoms with Crippen LogP contribution in [-0.2, 0) is 18.4 Å². The van der Waals surface area contributed by atoms with Crippen LogP contribution in [0.25, 0.3) is 33.5 Å². The highest BCUT2D eigenvalue weighted by atomic mass is 16.5. The monoisotopic (exact) mass is 551 g/mol. The van der Waals surface area contributed by atoms with E-state index >= 15 is 0 Å². The number of piperidine rings is 1. The van der Waals surface area contributed by atoms with E-state index in [9.17, 15) is 9.59 Å². The molecule has 0 spiro atoms. The molecule has 8 rings (SSSR count). The fourth-order valence-corrected chi connectivity index (χ4v) is 7.57. The minimum absolute atomic E-state index is 0.0966. The zero-order chi connectivity index (χ0) is 28.0. The molecule has 0 radical (unpaired) electrons. The molecule has 2 saturated carbocycles. The minimum Gasteiger partial charge on any atom is -0.494 e. The number of likely N-dealkylation sites (tertiary alicyclic amines) is 2. The molecule has 4 aromatic rings. The number of aromatic nitrogens is 3. The Kier molecular flexibility index (Phi) is 5.53. The van der Waals surface area contributed by atoms with Crippen LogP contribution in [0.4, 0.5) is 0 Å². The quantitative estimate of drug-likeness (QED) is 0.331. The van der Waals surface area contributed by atoms with E-state index in [2.05, 4.69) is 38.3 Å². The van der Waals surface area contributed by atoms with Crippen LogP contribution in [0.3, 0.4) is 0 Å². The number of amides is 2. The number of benzene rings is 2. The van der Waals surface area contributed by atoms with Crippen LogP contribution in [0.1, 0.15) is 60.9 Å². The van der Waals surface area contributed by atoms with Crippen LogP contribution in [-0.4, -0.2) is 68.5 Å². The first-order valence-electron chi connectivity index (χ1n) is 15.1. The zero-order valence-corrected chi connectivity index (χ0v) is 24.1. The van der Waals surface area contributed by atoms with Crippen LogP contribution in [0.5, 0.6) is 5.75 Å². The first-order valence-corrected chi connectivity index (χ1v) is 15.1. The number of carbonyl (C=O) groups is 2. The first-order chi connectivity index (χ1) is 19.9. The molecule has 4 heterocycles. The highest BCUT2D eigenvalue weighted by Gasteiger charge is 2.40. The van der Waals surface area contributed by atoms with Gasteiger partial charge >= 0.3 is 0 Å². The third kappa shape index (κ3) is 3.97. The topological polar surface area (TPSA) is 72.6 Å². The Morgan fingerprint density at radius 3 is 2.54 bits per heavy atom. The molecule has 2 atom stereocenters. The molecule has 2 aromatic heterocycles. The molecule has 212 valence electrons. The molecule has 8 nitrogen and oxygen atoms in total. The molecule has 2 bridgehead atoms. The summed E-state index contributed by atoms with van der Waals surface area (Å²) < 4.78 is 10.4. The maximum absolute atomic E-state index is 13.6. The Morgan fingerprint density at radius 2 is 1.85 bits per heavy atom. The number of methoxy groups -OCH3 is 1. The predicted molar refractivity (Wildman–Crippen MR) is 158 cm³/mol. The molecular weight excluding hydrogens is 514 g/mol. The highest BCUT2D eigenvalue weighted by molar-refractivity contribution is 6.00. The number of hydrogen-bond donors (Lipinski definition) is 0. The lowest BCUT2D eigenvalue weighted by Gasteiger charge is -2.39. The van der Waals surface area contributed by atoms with Gasteiger partial charge in [-0.3, -0.25) is 9.59 Å². The average molecular weight is 552 g/mol. The van der Waals surface area contributed by atoms with E-state index in [1.54, 1.807) is 14.0 Å². The van der Waals surface area contributed by atoms with Gasteiger partial charge in [0.15, 0.2) is 5.82 Å². The number of imidazole rings is 1. The van der Waals surface area contributed by atoms with E-state index in [1.165, 1.54) is 35.7 Å². The van der Waals surface area contributed by atoms with Gasteiger partial charge < -0.3 is 23.7 Å². The molecule has 2 amide bonds. The predicted octanol–water partition coefficient (Wildman–Crippen LogP) is 5.18. The Labute approximate surface area is 239 Å². The van der Waals surface area contributed by atoms with Gasteiger partial charge in [0.05, 0.1) is 18.3 Å². The van der Waals surface area contributed by atoms with Crippen molar-refractivity contribution in [3.63, 3.8) is 0 Å². The van der Waals surface area contributed by atoms with Crippen molar-refractivity contribution >= 4 is 33.8 Å². The Bertz CT molecular complexity index is 1720. The van der Waals surface area contributed by atoms with Crippen molar-refractivity contribution in [2.75, 3.05) is 26.7 Å². The SMILES string of the molecule is COc1cc(C(=O)N2CC3CCC2C3)cc2nc(-c3cc4ccc(C5CN(C(C)=O)C5)cc4n3CC3CC3)n(C)c12. The number of hydrogen-bond acceptors (Lipinski definition) is 4. The van der Waals surface area contributed by atoms with Gasteiger partial charge in [-0.1, -0.05) is 12.1 Å². The summed E-state index contributed by atoms with van der Waals surface area (Å²) in [4.78, 5) is 34.5. The van der Waals surface area contributed by atoms with Crippen LogP contribution in [0.2, 0.25) is 0 Å². The summed E-state index contributed by atoms with van der Waals surface area (Å²) in [5.41, 5.74) is 5.97. The molecule has 2 aliphatic carbocycles. The van der Waals surface area contributed by atoms with E-state index in [1.807, 2.05) is 24.1 Å². The summed E-state index contributed by atoms with van der Waals surface area (Å²) in [5, 5.41) is 1.20. The van der Waals surface area contributed by atoms with Crippen LogP contribution >= 0.6 is 0 Å². The van der Waals surface area contributed by atoms with Crippen LogP contribution in [0.15, 0.2) is 36.4 Å². The Morgan fingerprint density at radius 1 is 1.02 bits per heavy atom. The number of fused-ring (bicyclic) bond motifs is 4. The van der Waals surface area contributed by atoms with Gasteiger partial charge in [0.1, 0.15) is 11.3 Å². The largest absolute Gasteiger partial charge is 0.494 e. The third-order valence-corrected chi connectivity index (χ3v) is 10.2. The second-order valence-electron chi connectivity index (χ2n) is 12.9. The molecule has 2 saturated heterocycles. The minimum atomic E-state index is 0.0966. The van der Waals surface area contributed by atoms with Crippen molar-refractivity contribution in [1.82, 2.24) is 23.9 Å². The fraction of sp³-hybridized carbons (Fsp3) is 0.485. The third-order valence-electron chi connectivity index (χ3n) is 10.2. The van der Waals surface area contributed by atoms with E-state index < -0.39 is 0 Å². The normalized spacial score (nSPS) is 22.2. The summed E-state index contributed by atoms with van der Waals surface area (Å²) >= 11 is 0. The molecule has 4 fully saturated rings. The van der Waals surface area contributed by atoms with E-state index in [-0.39, 0.29) is 11.8 Å². The highest BCUT2D eigenvalue weighted by Crippen LogP contribution is 2.41. The van der Waals surface area contributed by atoms with Crippen molar-refractivity contribution in [2.24, 2.45) is 18.9 Å². The van der Waals surface area contributed by atoms with Gasteiger partial charge in [-0.2, -0.15) is 0 Å². The maximum atomic E-state index is 13.6. The van der Waals surface area contributed by atoms with E-state index in [0.717, 1.165) is 61.6 Å². The van der Waals surface area contributed by atoms with E-state index in [4.69, 9.17) is 9.72 Å². The zero-order valence-electron chi connectivity index (χ0n) is 24.1. The van der Waals surface area contributed by atoms with Gasteiger partial charge in [0, 0.05) is 68.6 Å². The standard InChI is InChI=1S/C33H37N5O3/c1-19(39)36-17-25(18-36)22-7-8-23-13-29(38(28(23)12-22)15-20-4-5-20)32-34-27-11-24(14-30(41-3)31(27)35(32)2)33(40)37-16-21-6-9-26(37)10-21/h7-8,11-14,20-21,25-26H,4-6,9-10,15-18H2,1-3H3. The number of rotatable bonds is 6. The van der Waals surface area contributed by atoms with Crippen molar-refractivity contribution in [1.29, 1.82) is 0 Å². The average Bonchev–Trinajstić information content (AvgIpc) is 3.23. The van der Waals surface area contributed by atoms with Crippen LogP contribution in [0, 0.1) is 11.8 Å². The number of carbonyl (C=O) groups excluding carboxylic acids is 2. The smallest absolute Gasteiger partial charge is 0.254 e. The van der Waals surface area contributed by atoms with Gasteiger partial charge in [0.2, 0.25) is 5.91 Å². The molecule has 8 heteroatoms. The maximum Gasteiger partial charge on any atom is 0.254 e. The molecule has 2 unspecified atom stereocenters. The summed E-state index contributed by atoms with van der Waals surface area (Å²) in [6, 6.07) is 13.3. The van der Waals surface area contributed by atoms with Crippen LogP contribution < -0.4 is 4.74 Å². The van der Waals surface area contributed by atoms with Crippen molar-refractivity contribution in [3.8, 4) is 17.3 Å². The number of ether oxygens (including phenoxy) is 1. The summed E-state index contributed by atoms with van der Waals surface area (Å²) in [7, 11) is 3.72. The van der Waals surface area contributed by atoms with E-state index in [0.29, 0.717) is 35.1 Å². The van der Waals surface area contributed by atoms with Gasteiger partial charge in [-0.05, 0) is 73.8 Å². The van der Waals surface area contributed by atoms with Crippen molar-refractivity contribution < 1.29 is 14.3 Å². The number of aryl methyl sites for hydroxylation is 1. The lowest BCUT2D eigenvalue weighted by Crippen LogP contribution is -2.47. The first kappa shape index (κ1) is 24.9. The summed E-state index contributed by atoms with van der Waals surface area (Å²) in [5.74, 6) is 3.54. The molecule has 0 N–H and O–H groups in total. The molecule has 2 aromatic carbocycles. The Balaban J connectivity index is 1.21. The second kappa shape index (κ2) is 9.10. The fourth-order valence-electron chi connectivity index (χ4n) is 7.57. The van der Waals surface area contributed by atoms with Crippen molar-refractivity contribution in [2.45, 2.75) is 57.5 Å². The van der Waals surface area contributed by atoms with Gasteiger partial charge in [-0.15, -0.1) is 0 Å². The summed E-state index contributed by atoms with van der Waals surface area (Å²) in [6.45, 7) is 5.07. The molecular formula is C33H37N5O3. The number of nitrogens with zero attached hydrogens (tertiary/aromatic N) is 5. The lowest BCUT2D eigenvalue weighted by atomic mass is 9.91. The van der Waals surface area contributed by atoms with Gasteiger partial charge in [-0.25, -0.2) is 4.98 Å². The molecule has 4 aliphatic rings.